The van der Waals surface area contributed by atoms with Gasteiger partial charge in [-0.1, -0.05) is 13.3 Å². The summed E-state index contributed by atoms with van der Waals surface area (Å²) in [5.41, 5.74) is 0.844. The number of carbonyl (C=O) groups is 2. The number of rotatable bonds is 4. The van der Waals surface area contributed by atoms with Crippen LogP contribution in [0.15, 0.2) is 30.1 Å². The van der Waals surface area contributed by atoms with Crippen LogP contribution in [-0.2, 0) is 14.8 Å². The Bertz CT molecular complexity index is 767. The zero-order chi connectivity index (χ0) is 16.8. The molecule has 1 saturated heterocycles. The minimum absolute atomic E-state index is 0.226. The minimum atomic E-state index is -3.69. The van der Waals surface area contributed by atoms with Gasteiger partial charge in [-0.3, -0.25) is 9.59 Å². The van der Waals surface area contributed by atoms with E-state index in [1.807, 2.05) is 6.92 Å². The third kappa shape index (κ3) is 2.46. The quantitative estimate of drug-likeness (QED) is 0.885. The molecule has 0 radical (unpaired) electrons. The lowest BCUT2D eigenvalue weighted by atomic mass is 9.96. The summed E-state index contributed by atoms with van der Waals surface area (Å²) in [4.78, 5) is 29.7. The minimum Gasteiger partial charge on any atom is -0.357 e. The zero-order valence-electron chi connectivity index (χ0n) is 13.0. The number of fused-ring (bicyclic) bond motifs is 1. The number of nitrogens with one attached hydrogen (secondary N) is 1. The Hall–Kier alpha value is -2.09. The van der Waals surface area contributed by atoms with Crippen molar-refractivity contribution in [2.24, 2.45) is 5.92 Å². The van der Waals surface area contributed by atoms with E-state index in [0.29, 0.717) is 24.4 Å². The fourth-order valence-electron chi connectivity index (χ4n) is 3.40. The Kier molecular flexibility index (Phi) is 3.79. The van der Waals surface area contributed by atoms with Gasteiger partial charge in [0.1, 0.15) is 5.69 Å². The van der Waals surface area contributed by atoms with Crippen molar-refractivity contribution in [1.29, 1.82) is 0 Å². The van der Waals surface area contributed by atoms with Gasteiger partial charge < -0.3 is 9.88 Å². The van der Waals surface area contributed by atoms with Crippen molar-refractivity contribution >= 4 is 21.8 Å². The highest BCUT2D eigenvalue weighted by Gasteiger charge is 2.53. The molecule has 0 aromatic carbocycles. The molecule has 2 amide bonds. The fourth-order valence-corrected chi connectivity index (χ4v) is 4.43. The van der Waals surface area contributed by atoms with Gasteiger partial charge in [0.15, 0.2) is 0 Å². The van der Waals surface area contributed by atoms with Crippen LogP contribution in [0.25, 0.3) is 0 Å². The number of amides is 2. The molecule has 1 aromatic heterocycles. The predicted octanol–water partition coefficient (Wildman–Crippen LogP) is 0.941. The van der Waals surface area contributed by atoms with E-state index in [-0.39, 0.29) is 5.91 Å². The number of carbonyl (C=O) groups excluding carboxylic acids is 2. The molecule has 8 heteroatoms. The summed E-state index contributed by atoms with van der Waals surface area (Å²) >= 11 is 0. The highest BCUT2D eigenvalue weighted by Crippen LogP contribution is 2.40. The van der Waals surface area contributed by atoms with E-state index in [0.717, 1.165) is 17.0 Å². The molecule has 1 N–H and O–H groups in total. The number of aromatic amines is 1. The number of hydrogen-bond acceptors (Lipinski definition) is 4. The largest absolute Gasteiger partial charge is 0.357 e. The van der Waals surface area contributed by atoms with Crippen molar-refractivity contribution in [1.82, 2.24) is 14.2 Å². The molecule has 3 rings (SSSR count). The van der Waals surface area contributed by atoms with Crippen LogP contribution >= 0.6 is 0 Å². The molecule has 0 bridgehead atoms. The van der Waals surface area contributed by atoms with E-state index in [1.54, 1.807) is 29.3 Å². The highest BCUT2D eigenvalue weighted by atomic mass is 32.2. The van der Waals surface area contributed by atoms with E-state index >= 15 is 0 Å². The normalized spacial score (nSPS) is 24.1. The molecule has 2 aliphatic rings. The second-order valence-corrected chi connectivity index (χ2v) is 7.71. The first-order valence-electron chi connectivity index (χ1n) is 7.54. The van der Waals surface area contributed by atoms with Crippen LogP contribution < -0.4 is 0 Å². The standard InChI is InChI=1S/C15H19N3O4S/c1-3-5-10-13-12(18(14(10)19)23(2,21)22)7-9-17(13)15(20)11-6-4-8-16-11/h4,6-8,10,13,16H,3,5,9H2,1-2H3/t10-,13-/m1/s1. The summed E-state index contributed by atoms with van der Waals surface area (Å²) in [7, 11) is -3.69. The van der Waals surface area contributed by atoms with Crippen LogP contribution in [-0.4, -0.2) is 53.3 Å². The lowest BCUT2D eigenvalue weighted by Crippen LogP contribution is -2.41. The maximum atomic E-state index is 12.6. The monoisotopic (exact) mass is 337 g/mol. The lowest BCUT2D eigenvalue weighted by molar-refractivity contribution is -0.127. The molecule has 2 aliphatic heterocycles. The van der Waals surface area contributed by atoms with Gasteiger partial charge in [-0.15, -0.1) is 0 Å². The maximum absolute atomic E-state index is 12.6. The molecule has 0 aliphatic carbocycles. The third-order valence-corrected chi connectivity index (χ3v) is 5.34. The first-order chi connectivity index (χ1) is 10.9. The SMILES string of the molecule is CCC[C@H]1C(=O)N(S(C)(=O)=O)C2=CCN(C(=O)c3ccc[nH]3)[C@@H]21. The second-order valence-electron chi connectivity index (χ2n) is 5.88. The first kappa shape index (κ1) is 15.8. The van der Waals surface area contributed by atoms with Crippen molar-refractivity contribution in [3.8, 4) is 0 Å². The zero-order valence-corrected chi connectivity index (χ0v) is 13.8. The van der Waals surface area contributed by atoms with E-state index in [2.05, 4.69) is 4.98 Å². The Balaban J connectivity index is 1.98. The molecule has 124 valence electrons. The smallest absolute Gasteiger partial charge is 0.271 e. The topological polar surface area (TPSA) is 90.6 Å². The Morgan fingerprint density at radius 3 is 2.74 bits per heavy atom. The van der Waals surface area contributed by atoms with E-state index < -0.39 is 27.9 Å². The van der Waals surface area contributed by atoms with Gasteiger partial charge in [-0.25, -0.2) is 12.7 Å². The van der Waals surface area contributed by atoms with Crippen molar-refractivity contribution in [2.45, 2.75) is 25.8 Å². The van der Waals surface area contributed by atoms with Gasteiger partial charge in [0.25, 0.3) is 5.91 Å². The molecule has 7 nitrogen and oxygen atoms in total. The van der Waals surface area contributed by atoms with Crippen LogP contribution in [0.3, 0.4) is 0 Å². The van der Waals surface area contributed by atoms with Gasteiger partial charge in [0.2, 0.25) is 15.9 Å². The number of aromatic nitrogens is 1. The third-order valence-electron chi connectivity index (χ3n) is 4.29. The molecular formula is C15H19N3O4S. The maximum Gasteiger partial charge on any atom is 0.271 e. The van der Waals surface area contributed by atoms with Crippen LogP contribution in [0.1, 0.15) is 30.3 Å². The molecule has 0 saturated carbocycles. The van der Waals surface area contributed by atoms with Gasteiger partial charge in [-0.2, -0.15) is 0 Å². The molecule has 3 heterocycles. The summed E-state index contributed by atoms with van der Waals surface area (Å²) in [6.45, 7) is 2.24. The average molecular weight is 337 g/mol. The molecule has 0 unspecified atom stereocenters. The summed E-state index contributed by atoms with van der Waals surface area (Å²) in [6, 6.07) is 2.89. The number of nitrogens with zero attached hydrogens (tertiary/aromatic N) is 2. The van der Waals surface area contributed by atoms with Crippen molar-refractivity contribution in [3.05, 3.63) is 35.8 Å². The molecular weight excluding hydrogens is 318 g/mol. The Morgan fingerprint density at radius 2 is 2.17 bits per heavy atom. The van der Waals surface area contributed by atoms with Crippen LogP contribution in [0.2, 0.25) is 0 Å². The van der Waals surface area contributed by atoms with Crippen LogP contribution in [0.5, 0.6) is 0 Å². The summed E-state index contributed by atoms with van der Waals surface area (Å²) in [5, 5.41) is 0. The Labute approximate surface area is 135 Å². The van der Waals surface area contributed by atoms with Crippen molar-refractivity contribution in [3.63, 3.8) is 0 Å². The number of H-pyrrole nitrogens is 1. The molecule has 1 aromatic rings. The van der Waals surface area contributed by atoms with Crippen LogP contribution in [0.4, 0.5) is 0 Å². The van der Waals surface area contributed by atoms with Gasteiger partial charge >= 0.3 is 0 Å². The van der Waals surface area contributed by atoms with E-state index in [4.69, 9.17) is 0 Å². The summed E-state index contributed by atoms with van der Waals surface area (Å²) in [5.74, 6) is -1.17. The van der Waals surface area contributed by atoms with Gasteiger partial charge in [0, 0.05) is 12.7 Å². The van der Waals surface area contributed by atoms with Crippen molar-refractivity contribution < 1.29 is 18.0 Å². The summed E-state index contributed by atoms with van der Waals surface area (Å²) < 4.78 is 24.9. The fraction of sp³-hybridized carbons (Fsp3) is 0.467. The predicted molar refractivity (Wildman–Crippen MR) is 83.8 cm³/mol. The first-order valence-corrected chi connectivity index (χ1v) is 9.39. The van der Waals surface area contributed by atoms with Gasteiger partial charge in [-0.05, 0) is 24.6 Å². The lowest BCUT2D eigenvalue weighted by Gasteiger charge is -2.26. The second kappa shape index (κ2) is 5.52. The molecule has 23 heavy (non-hydrogen) atoms. The van der Waals surface area contributed by atoms with E-state index in [1.165, 1.54) is 0 Å². The average Bonchev–Trinajstić information content (AvgIpc) is 3.16. The van der Waals surface area contributed by atoms with E-state index in [9.17, 15) is 18.0 Å². The Morgan fingerprint density at radius 1 is 1.43 bits per heavy atom. The molecule has 1 fully saturated rings. The van der Waals surface area contributed by atoms with Crippen LogP contribution in [0, 0.1) is 5.92 Å². The van der Waals surface area contributed by atoms with Gasteiger partial charge in [0.05, 0.1) is 23.9 Å². The number of sulfonamides is 1. The van der Waals surface area contributed by atoms with Crippen molar-refractivity contribution in [2.75, 3.05) is 12.8 Å². The molecule has 2 atom stereocenters. The summed E-state index contributed by atoms with van der Waals surface area (Å²) in [6.07, 6.45) is 5.63. The number of hydrogen-bond donors (Lipinski definition) is 1. The highest BCUT2D eigenvalue weighted by molar-refractivity contribution is 7.89. The molecule has 0 spiro atoms.